The van der Waals surface area contributed by atoms with Crippen LogP contribution in [0, 0.1) is 0 Å². The third kappa shape index (κ3) is 17.0. The molecule has 0 fully saturated rings. The normalized spacial score (nSPS) is 11.0. The molecule has 18 heavy (non-hydrogen) atoms. The van der Waals surface area contributed by atoms with E-state index in [2.05, 4.69) is 6.58 Å². The number of carbonyl (C=O) groups is 2. The van der Waals surface area contributed by atoms with Gasteiger partial charge in [-0.3, -0.25) is 9.59 Å². The fraction of sp³-hybridized carbons (Fsp3) is 0.692. The molecule has 0 radical (unpaired) electrons. The third-order valence-electron chi connectivity index (χ3n) is 2.23. The van der Waals surface area contributed by atoms with Gasteiger partial charge >= 0.3 is 11.9 Å². The number of hydrogen-bond donors (Lipinski definition) is 3. The highest BCUT2D eigenvalue weighted by Gasteiger charge is 2.08. The molecular formula is C13H25NO4. The van der Waals surface area contributed by atoms with Gasteiger partial charge in [-0.25, -0.2) is 0 Å². The summed E-state index contributed by atoms with van der Waals surface area (Å²) in [5.41, 5.74) is 5.20. The van der Waals surface area contributed by atoms with E-state index in [0.29, 0.717) is 6.42 Å². The lowest BCUT2D eigenvalue weighted by Gasteiger charge is -2.02. The molecule has 0 aliphatic carbocycles. The van der Waals surface area contributed by atoms with Gasteiger partial charge in [-0.15, -0.1) is 6.58 Å². The van der Waals surface area contributed by atoms with E-state index in [-0.39, 0.29) is 6.42 Å². The molecule has 0 amide bonds. The van der Waals surface area contributed by atoms with E-state index in [9.17, 15) is 9.59 Å². The van der Waals surface area contributed by atoms with Crippen molar-refractivity contribution in [1.29, 1.82) is 0 Å². The maximum atomic E-state index is 10.1. The maximum absolute atomic E-state index is 10.1. The zero-order chi connectivity index (χ0) is 14.4. The summed E-state index contributed by atoms with van der Waals surface area (Å²) in [6.45, 7) is 5.54. The molecule has 0 aliphatic rings. The molecule has 0 saturated heterocycles. The van der Waals surface area contributed by atoms with Crippen molar-refractivity contribution in [3.05, 3.63) is 12.7 Å². The highest BCUT2D eigenvalue weighted by molar-refractivity contribution is 5.72. The van der Waals surface area contributed by atoms with Gasteiger partial charge in [0.25, 0.3) is 0 Å². The molecule has 0 unspecified atom stereocenters. The monoisotopic (exact) mass is 259 g/mol. The Labute approximate surface area is 109 Å². The van der Waals surface area contributed by atoms with Gasteiger partial charge in [-0.05, 0) is 25.7 Å². The van der Waals surface area contributed by atoms with Crippen molar-refractivity contribution in [2.24, 2.45) is 5.73 Å². The zero-order valence-electron chi connectivity index (χ0n) is 11.1. The number of nitrogens with two attached hydrogens (primary N) is 1. The molecule has 0 aromatic rings. The molecule has 0 bridgehead atoms. The molecular weight excluding hydrogens is 234 g/mol. The molecule has 1 atom stereocenters. The van der Waals surface area contributed by atoms with E-state index in [4.69, 9.17) is 15.9 Å². The van der Waals surface area contributed by atoms with E-state index in [1.165, 1.54) is 0 Å². The minimum atomic E-state index is -0.900. The Kier molecular flexibility index (Phi) is 14.5. The van der Waals surface area contributed by atoms with Crippen LogP contribution in [0.5, 0.6) is 0 Å². The number of aliphatic carboxylic acids is 2. The Morgan fingerprint density at radius 1 is 1.28 bits per heavy atom. The smallest absolute Gasteiger partial charge is 0.320 e. The third-order valence-corrected chi connectivity index (χ3v) is 2.23. The first-order valence-corrected chi connectivity index (χ1v) is 6.26. The predicted octanol–water partition coefficient (Wildman–Crippen LogP) is 2.41. The second-order valence-corrected chi connectivity index (χ2v) is 4.02. The summed E-state index contributed by atoms with van der Waals surface area (Å²) in [4.78, 5) is 20.0. The lowest BCUT2D eigenvalue weighted by molar-refractivity contribution is -0.139. The van der Waals surface area contributed by atoms with Crippen LogP contribution in [0.25, 0.3) is 0 Å². The SMILES string of the molecule is C=CCCCCC(=O)O.CCCC[C@H](N)C(=O)O. The lowest BCUT2D eigenvalue weighted by Crippen LogP contribution is -2.29. The van der Waals surface area contributed by atoms with Crippen LogP contribution in [0.1, 0.15) is 51.9 Å². The minimum Gasteiger partial charge on any atom is -0.481 e. The van der Waals surface area contributed by atoms with Crippen LogP contribution < -0.4 is 5.73 Å². The maximum Gasteiger partial charge on any atom is 0.320 e. The fourth-order valence-corrected chi connectivity index (χ4v) is 1.11. The van der Waals surface area contributed by atoms with E-state index >= 15 is 0 Å². The Morgan fingerprint density at radius 3 is 2.28 bits per heavy atom. The van der Waals surface area contributed by atoms with Gasteiger partial charge in [-0.1, -0.05) is 25.8 Å². The van der Waals surface area contributed by atoms with Gasteiger partial charge in [0.15, 0.2) is 0 Å². The zero-order valence-corrected chi connectivity index (χ0v) is 11.1. The summed E-state index contributed by atoms with van der Waals surface area (Å²) in [6.07, 6.45) is 7.21. The van der Waals surface area contributed by atoms with Crippen molar-refractivity contribution in [1.82, 2.24) is 0 Å². The van der Waals surface area contributed by atoms with E-state index in [0.717, 1.165) is 32.1 Å². The average molecular weight is 259 g/mol. The molecule has 0 heterocycles. The highest BCUT2D eigenvalue weighted by atomic mass is 16.4. The van der Waals surface area contributed by atoms with Gasteiger partial charge in [-0.2, -0.15) is 0 Å². The van der Waals surface area contributed by atoms with Crippen molar-refractivity contribution in [3.63, 3.8) is 0 Å². The van der Waals surface area contributed by atoms with Crippen LogP contribution in [0.15, 0.2) is 12.7 Å². The molecule has 0 saturated carbocycles. The molecule has 0 aliphatic heterocycles. The molecule has 5 nitrogen and oxygen atoms in total. The van der Waals surface area contributed by atoms with Gasteiger partial charge in [0.2, 0.25) is 0 Å². The van der Waals surface area contributed by atoms with Crippen LogP contribution in [-0.2, 0) is 9.59 Å². The van der Waals surface area contributed by atoms with E-state index < -0.39 is 18.0 Å². The number of hydrogen-bond acceptors (Lipinski definition) is 3. The van der Waals surface area contributed by atoms with Crippen molar-refractivity contribution < 1.29 is 19.8 Å². The summed E-state index contributed by atoms with van der Waals surface area (Å²) in [7, 11) is 0. The van der Waals surface area contributed by atoms with Crippen LogP contribution >= 0.6 is 0 Å². The molecule has 0 rings (SSSR count). The molecule has 5 heteroatoms. The Bertz CT molecular complexity index is 241. The number of allylic oxidation sites excluding steroid dienone is 1. The number of carboxylic acids is 2. The largest absolute Gasteiger partial charge is 0.481 e. The van der Waals surface area contributed by atoms with Crippen LogP contribution in [-0.4, -0.2) is 28.2 Å². The summed E-state index contributed by atoms with van der Waals surface area (Å²) >= 11 is 0. The predicted molar refractivity (Wildman–Crippen MR) is 71.4 cm³/mol. The molecule has 0 spiro atoms. The lowest BCUT2D eigenvalue weighted by atomic mass is 10.1. The average Bonchev–Trinajstić information content (AvgIpc) is 2.32. The highest BCUT2D eigenvalue weighted by Crippen LogP contribution is 1.99. The van der Waals surface area contributed by atoms with E-state index in [1.807, 2.05) is 13.0 Å². The van der Waals surface area contributed by atoms with Crippen LogP contribution in [0.3, 0.4) is 0 Å². The first-order valence-electron chi connectivity index (χ1n) is 6.26. The number of unbranched alkanes of at least 4 members (excludes halogenated alkanes) is 3. The Morgan fingerprint density at radius 2 is 1.89 bits per heavy atom. The molecule has 106 valence electrons. The second-order valence-electron chi connectivity index (χ2n) is 4.02. The standard InChI is InChI=1S/C7H12O2.C6H13NO2/c1-2-3-4-5-6-7(8)9;1-2-3-4-5(7)6(8)9/h2H,1,3-6H2,(H,8,9);5H,2-4,7H2,1H3,(H,8,9)/t;5-/m.0/s1. The van der Waals surface area contributed by atoms with Crippen LogP contribution in [0.2, 0.25) is 0 Å². The second kappa shape index (κ2) is 13.7. The van der Waals surface area contributed by atoms with Crippen molar-refractivity contribution in [2.75, 3.05) is 0 Å². The van der Waals surface area contributed by atoms with Gasteiger partial charge in [0.05, 0.1) is 0 Å². The molecule has 0 aromatic carbocycles. The van der Waals surface area contributed by atoms with Gasteiger partial charge in [0, 0.05) is 6.42 Å². The summed E-state index contributed by atoms with van der Waals surface area (Å²) < 4.78 is 0. The van der Waals surface area contributed by atoms with Crippen LogP contribution in [0.4, 0.5) is 0 Å². The summed E-state index contributed by atoms with van der Waals surface area (Å²) in [5, 5.41) is 16.5. The molecule has 4 N–H and O–H groups in total. The quantitative estimate of drug-likeness (QED) is 0.436. The van der Waals surface area contributed by atoms with E-state index in [1.54, 1.807) is 0 Å². The Hall–Kier alpha value is -1.36. The summed E-state index contributed by atoms with van der Waals surface area (Å²) in [5.74, 6) is -1.61. The minimum absolute atomic E-state index is 0.286. The first kappa shape index (κ1) is 19.0. The van der Waals surface area contributed by atoms with Gasteiger partial charge < -0.3 is 15.9 Å². The number of carboxylic acid groups (broad SMARTS) is 2. The van der Waals surface area contributed by atoms with Crippen molar-refractivity contribution in [3.8, 4) is 0 Å². The van der Waals surface area contributed by atoms with Crippen molar-refractivity contribution in [2.45, 2.75) is 57.9 Å². The number of rotatable bonds is 9. The Balaban J connectivity index is 0. The molecule has 0 aromatic heterocycles. The first-order chi connectivity index (χ1) is 8.45. The summed E-state index contributed by atoms with van der Waals surface area (Å²) in [6, 6.07) is -0.662. The van der Waals surface area contributed by atoms with Crippen molar-refractivity contribution >= 4 is 11.9 Å². The van der Waals surface area contributed by atoms with Gasteiger partial charge in [0.1, 0.15) is 6.04 Å². The fourth-order valence-electron chi connectivity index (χ4n) is 1.11. The topological polar surface area (TPSA) is 101 Å².